The van der Waals surface area contributed by atoms with Crippen LogP contribution in [0.4, 0.5) is 10.1 Å². The van der Waals surface area contributed by atoms with Crippen LogP contribution in [-0.2, 0) is 9.84 Å². The molecule has 4 nitrogen and oxygen atoms in total. The average Bonchev–Trinajstić information content (AvgIpc) is 2.26. The van der Waals surface area contributed by atoms with Gasteiger partial charge in [0.05, 0.1) is 27.8 Å². The zero-order chi connectivity index (χ0) is 14.0. The third kappa shape index (κ3) is 3.44. The maximum absolute atomic E-state index is 12.8. The summed E-state index contributed by atoms with van der Waals surface area (Å²) in [6.45, 7) is 3.33. The molecule has 6 heteroatoms. The number of sulfone groups is 1. The molecule has 0 unspecified atom stereocenters. The van der Waals surface area contributed by atoms with Gasteiger partial charge >= 0.3 is 0 Å². The van der Waals surface area contributed by atoms with Crippen LogP contribution in [0.3, 0.4) is 0 Å². The van der Waals surface area contributed by atoms with Crippen LogP contribution in [0.2, 0.25) is 0 Å². The number of halogens is 1. The molecular formula is C12H15FN2O2S. The van der Waals surface area contributed by atoms with E-state index in [2.05, 4.69) is 0 Å². The molecule has 0 aliphatic carbocycles. The molecule has 2 N–H and O–H groups in total. The highest BCUT2D eigenvalue weighted by atomic mass is 32.2. The molecule has 0 atom stereocenters. The number of nitriles is 1. The zero-order valence-electron chi connectivity index (χ0n) is 10.3. The van der Waals surface area contributed by atoms with Crippen LogP contribution in [0.15, 0.2) is 23.1 Å². The molecule has 18 heavy (non-hydrogen) atoms. The van der Waals surface area contributed by atoms with Gasteiger partial charge in [0.2, 0.25) is 0 Å². The number of anilines is 1. The summed E-state index contributed by atoms with van der Waals surface area (Å²) < 4.78 is 36.9. The molecule has 0 saturated carbocycles. The van der Waals surface area contributed by atoms with Crippen LogP contribution in [0.5, 0.6) is 0 Å². The Morgan fingerprint density at radius 3 is 2.56 bits per heavy atom. The maximum Gasteiger partial charge on any atom is 0.180 e. The van der Waals surface area contributed by atoms with Crippen LogP contribution in [-0.4, -0.2) is 14.2 Å². The lowest BCUT2D eigenvalue weighted by atomic mass is 9.93. The predicted octanol–water partition coefficient (Wildman–Crippen LogP) is 2.12. The SMILES string of the molecule is CC(C)(C#N)CCS(=O)(=O)c1ccc(F)cc1N. The van der Waals surface area contributed by atoms with Gasteiger partial charge in [-0.15, -0.1) is 0 Å². The molecular weight excluding hydrogens is 255 g/mol. The first-order valence-corrected chi connectivity index (χ1v) is 7.02. The Kier molecular flexibility index (Phi) is 3.97. The van der Waals surface area contributed by atoms with E-state index in [-0.39, 0.29) is 22.8 Å². The molecule has 0 aliphatic heterocycles. The standard InChI is InChI=1S/C12H15FN2O2S/c1-12(2,8-14)5-6-18(16,17)11-4-3-9(13)7-10(11)15/h3-4,7H,5-6,15H2,1-2H3. The van der Waals surface area contributed by atoms with E-state index >= 15 is 0 Å². The van der Waals surface area contributed by atoms with Crippen molar-refractivity contribution in [3.63, 3.8) is 0 Å². The summed E-state index contributed by atoms with van der Waals surface area (Å²) in [5.74, 6) is -0.771. The quantitative estimate of drug-likeness (QED) is 0.671. The second kappa shape index (κ2) is 4.94. The van der Waals surface area contributed by atoms with Crippen LogP contribution in [0, 0.1) is 22.6 Å². The van der Waals surface area contributed by atoms with E-state index in [0.29, 0.717) is 0 Å². The lowest BCUT2D eigenvalue weighted by Gasteiger charge is -2.15. The number of benzene rings is 1. The molecule has 0 amide bonds. The third-order valence-corrected chi connectivity index (χ3v) is 4.39. The fraction of sp³-hybridized carbons (Fsp3) is 0.417. The van der Waals surface area contributed by atoms with Crippen LogP contribution in [0.25, 0.3) is 0 Å². The minimum Gasteiger partial charge on any atom is -0.398 e. The lowest BCUT2D eigenvalue weighted by Crippen LogP contribution is -2.17. The topological polar surface area (TPSA) is 84.0 Å². The van der Waals surface area contributed by atoms with Crippen molar-refractivity contribution in [1.82, 2.24) is 0 Å². The highest BCUT2D eigenvalue weighted by molar-refractivity contribution is 7.91. The van der Waals surface area contributed by atoms with Crippen molar-refractivity contribution in [3.05, 3.63) is 24.0 Å². The first kappa shape index (κ1) is 14.5. The maximum atomic E-state index is 12.8. The molecule has 0 aliphatic rings. The van der Waals surface area contributed by atoms with Crippen molar-refractivity contribution in [2.45, 2.75) is 25.2 Å². The summed E-state index contributed by atoms with van der Waals surface area (Å²) in [4.78, 5) is -0.0855. The van der Waals surface area contributed by atoms with Gasteiger partial charge in [-0.3, -0.25) is 0 Å². The van der Waals surface area contributed by atoms with Crippen LogP contribution < -0.4 is 5.73 Å². The molecule has 0 bridgehead atoms. The Morgan fingerprint density at radius 2 is 2.06 bits per heavy atom. The number of nitrogen functional groups attached to an aromatic ring is 1. The zero-order valence-corrected chi connectivity index (χ0v) is 11.1. The highest BCUT2D eigenvalue weighted by Gasteiger charge is 2.24. The van der Waals surface area contributed by atoms with Crippen molar-refractivity contribution in [2.24, 2.45) is 5.41 Å². The van der Waals surface area contributed by atoms with E-state index in [1.807, 2.05) is 6.07 Å². The van der Waals surface area contributed by atoms with Gasteiger partial charge in [-0.05, 0) is 38.5 Å². The molecule has 1 aromatic rings. The van der Waals surface area contributed by atoms with E-state index in [4.69, 9.17) is 11.0 Å². The van der Waals surface area contributed by atoms with E-state index in [9.17, 15) is 12.8 Å². The van der Waals surface area contributed by atoms with Gasteiger partial charge in [0, 0.05) is 0 Å². The van der Waals surface area contributed by atoms with Crippen molar-refractivity contribution in [3.8, 4) is 6.07 Å². The molecule has 0 saturated heterocycles. The molecule has 1 rings (SSSR count). The Hall–Kier alpha value is -1.61. The summed E-state index contributed by atoms with van der Waals surface area (Å²) in [5.41, 5.74) is 4.67. The molecule has 0 spiro atoms. The van der Waals surface area contributed by atoms with E-state index in [1.54, 1.807) is 13.8 Å². The summed E-state index contributed by atoms with van der Waals surface area (Å²) in [6, 6.07) is 5.21. The second-order valence-electron chi connectivity index (χ2n) is 4.75. The number of rotatable bonds is 4. The second-order valence-corrected chi connectivity index (χ2v) is 6.82. The summed E-state index contributed by atoms with van der Waals surface area (Å²) in [5, 5.41) is 8.83. The third-order valence-electron chi connectivity index (χ3n) is 2.61. The van der Waals surface area contributed by atoms with Crippen molar-refractivity contribution < 1.29 is 12.8 Å². The van der Waals surface area contributed by atoms with Gasteiger partial charge in [-0.25, -0.2) is 12.8 Å². The molecule has 1 aromatic carbocycles. The lowest BCUT2D eigenvalue weighted by molar-refractivity contribution is 0.473. The van der Waals surface area contributed by atoms with Gasteiger partial charge in [-0.2, -0.15) is 5.26 Å². The first-order chi connectivity index (χ1) is 8.18. The average molecular weight is 270 g/mol. The fourth-order valence-electron chi connectivity index (χ4n) is 1.36. The Morgan fingerprint density at radius 1 is 1.44 bits per heavy atom. The van der Waals surface area contributed by atoms with Gasteiger partial charge in [-0.1, -0.05) is 0 Å². The Bertz CT molecular complexity index is 589. The van der Waals surface area contributed by atoms with Gasteiger partial charge in [0.15, 0.2) is 9.84 Å². The summed E-state index contributed by atoms with van der Waals surface area (Å²) in [6.07, 6.45) is 0.197. The first-order valence-electron chi connectivity index (χ1n) is 5.37. The fourth-order valence-corrected chi connectivity index (χ4v) is 3.05. The normalized spacial score (nSPS) is 12.1. The number of hydrogen-bond donors (Lipinski definition) is 1. The smallest absolute Gasteiger partial charge is 0.180 e. The number of nitrogens with two attached hydrogens (primary N) is 1. The minimum atomic E-state index is -3.59. The number of hydrogen-bond acceptors (Lipinski definition) is 4. The van der Waals surface area contributed by atoms with Crippen LogP contribution >= 0.6 is 0 Å². The van der Waals surface area contributed by atoms with Crippen LogP contribution in [0.1, 0.15) is 20.3 Å². The van der Waals surface area contributed by atoms with Gasteiger partial charge < -0.3 is 5.73 Å². The molecule has 0 radical (unpaired) electrons. The Balaban J connectivity index is 2.98. The summed E-state index contributed by atoms with van der Waals surface area (Å²) in [7, 11) is -3.59. The molecule has 98 valence electrons. The predicted molar refractivity (Wildman–Crippen MR) is 66.9 cm³/mol. The monoisotopic (exact) mass is 270 g/mol. The van der Waals surface area contributed by atoms with E-state index in [1.165, 1.54) is 0 Å². The van der Waals surface area contributed by atoms with E-state index in [0.717, 1.165) is 18.2 Å². The molecule has 0 aromatic heterocycles. The largest absolute Gasteiger partial charge is 0.398 e. The van der Waals surface area contributed by atoms with Crippen molar-refractivity contribution >= 4 is 15.5 Å². The minimum absolute atomic E-state index is 0.0855. The highest BCUT2D eigenvalue weighted by Crippen LogP contribution is 2.25. The Labute approximate surface area is 106 Å². The molecule has 0 heterocycles. The van der Waals surface area contributed by atoms with Gasteiger partial charge in [0.1, 0.15) is 5.82 Å². The summed E-state index contributed by atoms with van der Waals surface area (Å²) >= 11 is 0. The van der Waals surface area contributed by atoms with Crippen molar-refractivity contribution in [2.75, 3.05) is 11.5 Å². The van der Waals surface area contributed by atoms with E-state index < -0.39 is 21.1 Å². The number of nitrogens with zero attached hydrogens (tertiary/aromatic N) is 1. The van der Waals surface area contributed by atoms with Crippen molar-refractivity contribution in [1.29, 1.82) is 5.26 Å². The van der Waals surface area contributed by atoms with Gasteiger partial charge in [0.25, 0.3) is 0 Å². The molecule has 0 fully saturated rings.